The lowest BCUT2D eigenvalue weighted by Crippen LogP contribution is -2.18. The van der Waals surface area contributed by atoms with Crippen molar-refractivity contribution in [1.29, 1.82) is 0 Å². The molecule has 0 saturated heterocycles. The number of benzene rings is 1. The van der Waals surface area contributed by atoms with E-state index in [1.54, 1.807) is 29.5 Å². The molecule has 1 heterocycles. The topological polar surface area (TPSA) is 46.2 Å². The highest BCUT2D eigenvalue weighted by molar-refractivity contribution is 7.90. The highest BCUT2D eigenvalue weighted by Crippen LogP contribution is 2.29. The summed E-state index contributed by atoms with van der Waals surface area (Å²) < 4.78 is 23.2. The van der Waals surface area contributed by atoms with E-state index in [1.807, 2.05) is 6.07 Å². The fourth-order valence-corrected chi connectivity index (χ4v) is 3.63. The van der Waals surface area contributed by atoms with Crippen LogP contribution in [0.25, 0.3) is 10.4 Å². The Labute approximate surface area is 143 Å². The lowest BCUT2D eigenvalue weighted by molar-refractivity contribution is 0.555. The largest absolute Gasteiger partial charge is 0.312 e. The minimum absolute atomic E-state index is 0. The minimum Gasteiger partial charge on any atom is -0.312 e. The van der Waals surface area contributed by atoms with Crippen molar-refractivity contribution >= 4 is 33.6 Å². The lowest BCUT2D eigenvalue weighted by atomic mass is 10.2. The van der Waals surface area contributed by atoms with Crippen LogP contribution in [0.3, 0.4) is 0 Å². The van der Waals surface area contributed by atoms with Gasteiger partial charge in [-0.25, -0.2) is 8.42 Å². The molecule has 0 saturated carbocycles. The molecule has 0 aliphatic heterocycles. The van der Waals surface area contributed by atoms with Crippen LogP contribution < -0.4 is 5.32 Å². The molecule has 2 aromatic rings. The molecule has 2 rings (SSSR count). The molecule has 22 heavy (non-hydrogen) atoms. The predicted octanol–water partition coefficient (Wildman–Crippen LogP) is 3.99. The van der Waals surface area contributed by atoms with Crippen LogP contribution in [-0.2, 0) is 16.4 Å². The van der Waals surface area contributed by atoms with Crippen molar-refractivity contribution < 1.29 is 8.42 Å². The zero-order chi connectivity index (χ0) is 15.5. The molecule has 0 aliphatic rings. The number of sulfone groups is 1. The first-order valence-electron chi connectivity index (χ1n) is 6.96. The summed E-state index contributed by atoms with van der Waals surface area (Å²) in [7, 11) is -3.16. The summed E-state index contributed by atoms with van der Waals surface area (Å²) in [5.41, 5.74) is 0.957. The van der Waals surface area contributed by atoms with Crippen molar-refractivity contribution in [3.8, 4) is 10.4 Å². The van der Waals surface area contributed by atoms with Crippen molar-refractivity contribution in [3.05, 3.63) is 41.3 Å². The number of thiophene rings is 1. The van der Waals surface area contributed by atoms with Crippen LogP contribution in [-0.4, -0.2) is 21.2 Å². The second kappa shape index (κ2) is 8.11. The molecule has 0 unspecified atom stereocenters. The number of halogens is 1. The van der Waals surface area contributed by atoms with Gasteiger partial charge in [0, 0.05) is 22.6 Å². The first-order chi connectivity index (χ1) is 9.86. The first kappa shape index (κ1) is 19.2. The van der Waals surface area contributed by atoms with E-state index >= 15 is 0 Å². The molecule has 0 amide bonds. The maximum atomic E-state index is 11.6. The minimum atomic E-state index is -3.16. The van der Waals surface area contributed by atoms with Gasteiger partial charge < -0.3 is 5.32 Å². The lowest BCUT2D eigenvalue weighted by Gasteiger charge is -2.05. The van der Waals surface area contributed by atoms with E-state index in [9.17, 15) is 8.42 Å². The van der Waals surface area contributed by atoms with E-state index in [0.29, 0.717) is 10.8 Å². The predicted molar refractivity (Wildman–Crippen MR) is 96.7 cm³/mol. The quantitative estimate of drug-likeness (QED) is 0.848. The van der Waals surface area contributed by atoms with Crippen LogP contribution >= 0.6 is 23.7 Å². The maximum Gasteiger partial charge on any atom is 0.175 e. The molecular formula is C16H22ClNO2S2. The second-order valence-corrected chi connectivity index (χ2v) is 8.77. The highest BCUT2D eigenvalue weighted by atomic mass is 35.5. The van der Waals surface area contributed by atoms with Gasteiger partial charge in [-0.05, 0) is 42.3 Å². The van der Waals surface area contributed by atoms with Gasteiger partial charge in [0.2, 0.25) is 0 Å². The average molecular weight is 360 g/mol. The fraction of sp³-hybridized carbons (Fsp3) is 0.375. The van der Waals surface area contributed by atoms with Gasteiger partial charge in [-0.15, -0.1) is 23.7 Å². The third-order valence-electron chi connectivity index (χ3n) is 3.06. The van der Waals surface area contributed by atoms with E-state index in [-0.39, 0.29) is 12.4 Å². The maximum absolute atomic E-state index is 11.6. The van der Waals surface area contributed by atoms with Gasteiger partial charge in [-0.2, -0.15) is 0 Å². The zero-order valence-electron chi connectivity index (χ0n) is 13.0. The van der Waals surface area contributed by atoms with Crippen molar-refractivity contribution in [3.63, 3.8) is 0 Å². The van der Waals surface area contributed by atoms with E-state index in [0.717, 1.165) is 23.5 Å². The Bertz CT molecular complexity index is 708. The van der Waals surface area contributed by atoms with Crippen LogP contribution in [0.4, 0.5) is 0 Å². The third kappa shape index (κ3) is 5.39. The Balaban J connectivity index is 0.00000242. The molecule has 0 fully saturated rings. The van der Waals surface area contributed by atoms with Crippen molar-refractivity contribution in [2.24, 2.45) is 5.92 Å². The van der Waals surface area contributed by atoms with Gasteiger partial charge in [-0.3, -0.25) is 0 Å². The second-order valence-electron chi connectivity index (χ2n) is 5.59. The normalized spacial score (nSPS) is 11.5. The molecule has 0 aliphatic carbocycles. The molecule has 1 aromatic carbocycles. The number of nitrogens with one attached hydrogen (secondary N) is 1. The summed E-state index contributed by atoms with van der Waals surface area (Å²) in [5, 5.41) is 3.42. The fourth-order valence-electron chi connectivity index (χ4n) is 1.99. The van der Waals surface area contributed by atoms with Crippen LogP contribution in [0.1, 0.15) is 18.7 Å². The SMILES string of the molecule is CC(C)CNCc1ccc(-c2cccc(S(C)(=O)=O)c2)s1.Cl. The van der Waals surface area contributed by atoms with Crippen LogP contribution in [0.15, 0.2) is 41.3 Å². The Morgan fingerprint density at radius 1 is 1.18 bits per heavy atom. The molecular weight excluding hydrogens is 338 g/mol. The van der Waals surface area contributed by atoms with Gasteiger partial charge in [0.1, 0.15) is 0 Å². The summed E-state index contributed by atoms with van der Waals surface area (Å²) in [4.78, 5) is 2.73. The summed E-state index contributed by atoms with van der Waals surface area (Å²) in [6.07, 6.45) is 1.24. The van der Waals surface area contributed by atoms with Crippen LogP contribution in [0.2, 0.25) is 0 Å². The molecule has 3 nitrogen and oxygen atoms in total. The molecule has 0 spiro atoms. The molecule has 122 valence electrons. The molecule has 6 heteroatoms. The van der Waals surface area contributed by atoms with E-state index < -0.39 is 9.84 Å². The Hall–Kier alpha value is -0.880. The van der Waals surface area contributed by atoms with Gasteiger partial charge >= 0.3 is 0 Å². The standard InChI is InChI=1S/C16H21NO2S2.ClH/c1-12(2)10-17-11-14-7-8-16(20-14)13-5-4-6-15(9-13)21(3,18)19;/h4-9,12,17H,10-11H2,1-3H3;1H. The molecule has 0 radical (unpaired) electrons. The van der Waals surface area contributed by atoms with Gasteiger partial charge in [0.25, 0.3) is 0 Å². The number of rotatable bonds is 6. The van der Waals surface area contributed by atoms with Gasteiger partial charge in [-0.1, -0.05) is 26.0 Å². The Morgan fingerprint density at radius 3 is 2.55 bits per heavy atom. The van der Waals surface area contributed by atoms with Crippen molar-refractivity contribution in [2.45, 2.75) is 25.3 Å². The van der Waals surface area contributed by atoms with Crippen molar-refractivity contribution in [1.82, 2.24) is 5.32 Å². The van der Waals surface area contributed by atoms with Crippen molar-refractivity contribution in [2.75, 3.05) is 12.8 Å². The number of hydrogen-bond donors (Lipinski definition) is 1. The van der Waals surface area contributed by atoms with E-state index in [4.69, 9.17) is 0 Å². The van der Waals surface area contributed by atoms with Crippen LogP contribution in [0.5, 0.6) is 0 Å². The van der Waals surface area contributed by atoms with Gasteiger partial charge in [0.15, 0.2) is 9.84 Å². The third-order valence-corrected chi connectivity index (χ3v) is 5.30. The smallest absolute Gasteiger partial charge is 0.175 e. The van der Waals surface area contributed by atoms with Crippen LogP contribution in [0, 0.1) is 5.92 Å². The Kier molecular flexibility index (Phi) is 7.06. The Morgan fingerprint density at radius 2 is 1.91 bits per heavy atom. The zero-order valence-corrected chi connectivity index (χ0v) is 15.4. The molecule has 1 aromatic heterocycles. The monoisotopic (exact) mass is 359 g/mol. The van der Waals surface area contributed by atoms with E-state index in [2.05, 4.69) is 31.3 Å². The first-order valence-corrected chi connectivity index (χ1v) is 9.67. The molecule has 0 bridgehead atoms. The van der Waals surface area contributed by atoms with E-state index in [1.165, 1.54) is 11.1 Å². The summed E-state index contributed by atoms with van der Waals surface area (Å²) >= 11 is 1.70. The summed E-state index contributed by atoms with van der Waals surface area (Å²) in [6, 6.07) is 11.3. The average Bonchev–Trinajstić information content (AvgIpc) is 2.86. The molecule has 1 N–H and O–H groups in total. The summed E-state index contributed by atoms with van der Waals surface area (Å²) in [6.45, 7) is 6.22. The summed E-state index contributed by atoms with van der Waals surface area (Å²) in [5.74, 6) is 0.635. The number of hydrogen-bond acceptors (Lipinski definition) is 4. The highest BCUT2D eigenvalue weighted by Gasteiger charge is 2.09. The van der Waals surface area contributed by atoms with Gasteiger partial charge in [0.05, 0.1) is 4.90 Å². The molecule has 0 atom stereocenters.